The highest BCUT2D eigenvalue weighted by molar-refractivity contribution is 7.08. The van der Waals surface area contributed by atoms with Crippen molar-refractivity contribution in [2.24, 2.45) is 0 Å². The van der Waals surface area contributed by atoms with Gasteiger partial charge in [-0.3, -0.25) is 4.79 Å². The van der Waals surface area contributed by atoms with Crippen LogP contribution in [0, 0.1) is 0 Å². The molecule has 4 nitrogen and oxygen atoms in total. The summed E-state index contributed by atoms with van der Waals surface area (Å²) in [6.07, 6.45) is 1.71. The van der Waals surface area contributed by atoms with Crippen LogP contribution in [0.1, 0.15) is 28.7 Å². The minimum Gasteiger partial charge on any atom is -0.335 e. The van der Waals surface area contributed by atoms with Crippen LogP contribution in [0.4, 0.5) is 0 Å². The molecule has 17 heavy (non-hydrogen) atoms. The minimum atomic E-state index is -0.0650. The topological polar surface area (TPSA) is 46.1 Å². The number of amides is 1. The number of alkyl halides is 2. The maximum atomic E-state index is 12.2. The van der Waals surface area contributed by atoms with Crippen molar-refractivity contribution >= 4 is 40.6 Å². The molecule has 0 fully saturated rings. The summed E-state index contributed by atoms with van der Waals surface area (Å²) in [6.45, 7) is 3.04. The van der Waals surface area contributed by atoms with Crippen molar-refractivity contribution in [1.29, 1.82) is 0 Å². The Balaban J connectivity index is 2.80. The van der Waals surface area contributed by atoms with Gasteiger partial charge in [-0.1, -0.05) is 17.8 Å². The number of hydrogen-bond donors (Lipinski definition) is 0. The van der Waals surface area contributed by atoms with Gasteiger partial charge >= 0.3 is 0 Å². The molecule has 0 aliphatic rings. The van der Waals surface area contributed by atoms with Gasteiger partial charge in [0.15, 0.2) is 0 Å². The van der Waals surface area contributed by atoms with Gasteiger partial charge in [-0.05, 0) is 18.0 Å². The van der Waals surface area contributed by atoms with E-state index in [2.05, 4.69) is 9.59 Å². The molecule has 7 heteroatoms. The van der Waals surface area contributed by atoms with Gasteiger partial charge in [0.2, 0.25) is 0 Å². The van der Waals surface area contributed by atoms with Crippen LogP contribution in [0.25, 0.3) is 0 Å². The summed E-state index contributed by atoms with van der Waals surface area (Å²) in [6, 6.07) is 0. The molecule has 0 spiro atoms. The Bertz CT molecular complexity index is 353. The second-order valence-electron chi connectivity index (χ2n) is 3.47. The third-order valence-corrected chi connectivity index (χ3v) is 3.33. The zero-order valence-corrected chi connectivity index (χ0v) is 12.0. The highest BCUT2D eigenvalue weighted by atomic mass is 35.5. The Labute approximate surface area is 115 Å². The molecule has 1 rings (SSSR count). The van der Waals surface area contributed by atoms with Crippen molar-refractivity contribution in [3.8, 4) is 0 Å². The molecule has 0 aliphatic heterocycles. The third-order valence-electron chi connectivity index (χ3n) is 2.23. The van der Waals surface area contributed by atoms with Gasteiger partial charge in [-0.25, -0.2) is 0 Å². The van der Waals surface area contributed by atoms with Crippen LogP contribution in [-0.4, -0.2) is 45.2 Å². The van der Waals surface area contributed by atoms with Crippen molar-refractivity contribution in [1.82, 2.24) is 14.5 Å². The fourth-order valence-electron chi connectivity index (χ4n) is 1.43. The molecule has 1 heterocycles. The average Bonchev–Trinajstić information content (AvgIpc) is 2.77. The number of rotatable bonds is 7. The van der Waals surface area contributed by atoms with Crippen LogP contribution in [-0.2, 0) is 6.42 Å². The van der Waals surface area contributed by atoms with E-state index < -0.39 is 0 Å². The zero-order valence-electron chi connectivity index (χ0n) is 9.66. The molecule has 0 radical (unpaired) electrons. The normalized spacial score (nSPS) is 10.5. The highest BCUT2D eigenvalue weighted by Crippen LogP contribution is 2.15. The number of aromatic nitrogens is 2. The van der Waals surface area contributed by atoms with Gasteiger partial charge in [0.1, 0.15) is 4.88 Å². The molecule has 0 atom stereocenters. The van der Waals surface area contributed by atoms with E-state index in [1.165, 1.54) is 0 Å². The van der Waals surface area contributed by atoms with Gasteiger partial charge in [0.05, 0.1) is 5.69 Å². The molecule has 0 saturated heterocycles. The first-order valence-electron chi connectivity index (χ1n) is 5.47. The van der Waals surface area contributed by atoms with Crippen molar-refractivity contribution in [3.05, 3.63) is 10.6 Å². The second-order valence-corrected chi connectivity index (χ2v) is 4.98. The maximum Gasteiger partial charge on any atom is 0.267 e. The van der Waals surface area contributed by atoms with Gasteiger partial charge in [0, 0.05) is 24.8 Å². The van der Waals surface area contributed by atoms with E-state index in [4.69, 9.17) is 23.2 Å². The van der Waals surface area contributed by atoms with Crippen molar-refractivity contribution in [3.63, 3.8) is 0 Å². The predicted molar refractivity (Wildman–Crippen MR) is 71.2 cm³/mol. The van der Waals surface area contributed by atoms with E-state index in [9.17, 15) is 4.79 Å². The number of halogens is 2. The standard InChI is InChI=1S/C10H15Cl2N3OS/c1-2-3-8-9(17-14-13-8)10(16)15(6-4-11)7-5-12/h2-7H2,1H3. The first kappa shape index (κ1) is 14.7. The molecule has 1 aromatic heterocycles. The van der Waals surface area contributed by atoms with Gasteiger partial charge in [-0.15, -0.1) is 28.3 Å². The highest BCUT2D eigenvalue weighted by Gasteiger charge is 2.21. The van der Waals surface area contributed by atoms with Gasteiger partial charge in [0.25, 0.3) is 5.91 Å². The Kier molecular flexibility index (Phi) is 6.77. The smallest absolute Gasteiger partial charge is 0.267 e. The lowest BCUT2D eigenvalue weighted by atomic mass is 10.2. The molecule has 1 aromatic rings. The number of aryl methyl sites for hydroxylation is 1. The Hall–Kier alpha value is -0.390. The van der Waals surface area contributed by atoms with Crippen LogP contribution in [0.3, 0.4) is 0 Å². The second kappa shape index (κ2) is 7.84. The van der Waals surface area contributed by atoms with Crippen molar-refractivity contribution in [2.75, 3.05) is 24.8 Å². The lowest BCUT2D eigenvalue weighted by molar-refractivity contribution is 0.0778. The zero-order chi connectivity index (χ0) is 12.7. The fourth-order valence-corrected chi connectivity index (χ4v) is 2.52. The van der Waals surface area contributed by atoms with E-state index in [1.807, 2.05) is 6.92 Å². The van der Waals surface area contributed by atoms with Gasteiger partial charge < -0.3 is 4.90 Å². The van der Waals surface area contributed by atoms with E-state index >= 15 is 0 Å². The quantitative estimate of drug-likeness (QED) is 0.726. The third kappa shape index (κ3) is 4.08. The lowest BCUT2D eigenvalue weighted by Gasteiger charge is -2.19. The number of nitrogens with zero attached hydrogens (tertiary/aromatic N) is 3. The number of hydrogen-bond acceptors (Lipinski definition) is 4. The molecule has 1 amide bonds. The molecule has 96 valence electrons. The molecule has 0 saturated carbocycles. The summed E-state index contributed by atoms with van der Waals surface area (Å²) in [7, 11) is 0. The maximum absolute atomic E-state index is 12.2. The van der Waals surface area contributed by atoms with Crippen LogP contribution in [0.5, 0.6) is 0 Å². The molecular weight excluding hydrogens is 281 g/mol. The largest absolute Gasteiger partial charge is 0.335 e. The van der Waals surface area contributed by atoms with Gasteiger partial charge in [-0.2, -0.15) is 0 Å². The first-order chi connectivity index (χ1) is 8.24. The Morgan fingerprint density at radius 3 is 2.53 bits per heavy atom. The number of carbonyl (C=O) groups excluding carboxylic acids is 1. The molecule has 0 bridgehead atoms. The van der Waals surface area contributed by atoms with Crippen LogP contribution in [0.2, 0.25) is 0 Å². The molecule has 0 N–H and O–H groups in total. The molecule has 0 aliphatic carbocycles. The average molecular weight is 296 g/mol. The SMILES string of the molecule is CCCc1nnsc1C(=O)N(CCCl)CCCl. The Morgan fingerprint density at radius 1 is 1.35 bits per heavy atom. The molecule has 0 aromatic carbocycles. The van der Waals surface area contributed by atoms with Crippen LogP contribution < -0.4 is 0 Å². The number of carbonyl (C=O) groups is 1. The van der Waals surface area contributed by atoms with Crippen LogP contribution in [0.15, 0.2) is 0 Å². The minimum absolute atomic E-state index is 0.0650. The van der Waals surface area contributed by atoms with Crippen molar-refractivity contribution in [2.45, 2.75) is 19.8 Å². The summed E-state index contributed by atoms with van der Waals surface area (Å²) in [5.74, 6) is 0.736. The summed E-state index contributed by atoms with van der Waals surface area (Å²) in [5.41, 5.74) is 0.775. The fraction of sp³-hybridized carbons (Fsp3) is 0.700. The molecule has 0 unspecified atom stereocenters. The van der Waals surface area contributed by atoms with Crippen molar-refractivity contribution < 1.29 is 4.79 Å². The Morgan fingerprint density at radius 2 is 2.00 bits per heavy atom. The monoisotopic (exact) mass is 295 g/mol. The summed E-state index contributed by atoms with van der Waals surface area (Å²) < 4.78 is 3.84. The predicted octanol–water partition coefficient (Wildman–Crippen LogP) is 2.41. The van der Waals surface area contributed by atoms with E-state index in [0.717, 1.165) is 30.1 Å². The summed E-state index contributed by atoms with van der Waals surface area (Å²) >= 11 is 12.5. The summed E-state index contributed by atoms with van der Waals surface area (Å²) in [5, 5.41) is 3.98. The van der Waals surface area contributed by atoms with Crippen LogP contribution >= 0.6 is 34.7 Å². The van der Waals surface area contributed by atoms with E-state index in [0.29, 0.717) is 29.7 Å². The lowest BCUT2D eigenvalue weighted by Crippen LogP contribution is -2.34. The molecular formula is C10H15Cl2N3OS. The summed E-state index contributed by atoms with van der Waals surface area (Å²) in [4.78, 5) is 14.5. The van der Waals surface area contributed by atoms with E-state index in [1.54, 1.807) is 4.90 Å². The first-order valence-corrected chi connectivity index (χ1v) is 7.31. The van der Waals surface area contributed by atoms with E-state index in [-0.39, 0.29) is 5.91 Å².